The fourth-order valence-corrected chi connectivity index (χ4v) is 2.48. The van der Waals surface area contributed by atoms with Crippen LogP contribution < -0.4 is 10.1 Å². The number of oxazole rings is 1. The lowest BCUT2D eigenvalue weighted by molar-refractivity contribution is 0.340. The van der Waals surface area contributed by atoms with Crippen LogP contribution in [-0.2, 0) is 18.5 Å². The quantitative estimate of drug-likeness (QED) is 0.377. The van der Waals surface area contributed by atoms with Gasteiger partial charge in [-0.3, -0.25) is 4.99 Å². The summed E-state index contributed by atoms with van der Waals surface area (Å²) >= 11 is 0. The molecule has 0 aliphatic carbocycles. The first kappa shape index (κ1) is 23.3. The number of hydrogen-bond donors (Lipinski definition) is 1. The van der Waals surface area contributed by atoms with Crippen molar-refractivity contribution in [2.24, 2.45) is 4.99 Å². The number of nitrogens with one attached hydrogen (secondary N) is 1. The fourth-order valence-electron chi connectivity index (χ4n) is 2.48. The second-order valence-electron chi connectivity index (χ2n) is 7.20. The second kappa shape index (κ2) is 10.5. The van der Waals surface area contributed by atoms with Crippen LogP contribution in [0.25, 0.3) is 0 Å². The van der Waals surface area contributed by atoms with Crippen LogP contribution in [0, 0.1) is 0 Å². The van der Waals surface area contributed by atoms with Gasteiger partial charge in [-0.05, 0) is 24.6 Å². The molecule has 0 radical (unpaired) electrons. The minimum atomic E-state index is -0.0443. The number of benzene rings is 1. The zero-order valence-corrected chi connectivity index (χ0v) is 19.4. The molecule has 2 rings (SSSR count). The molecule has 0 saturated carbocycles. The van der Waals surface area contributed by atoms with Crippen LogP contribution in [0.1, 0.15) is 44.9 Å². The molecule has 1 N–H and O–H groups in total. The lowest BCUT2D eigenvalue weighted by Crippen LogP contribution is -2.38. The second-order valence-corrected chi connectivity index (χ2v) is 7.20. The SMILES string of the molecule is CCOc1ccc(CN(C)C(=NC)NCc2ncc(C(C)(C)C)o2)cc1.I. The van der Waals surface area contributed by atoms with Gasteiger partial charge in [0.15, 0.2) is 5.96 Å². The molecule has 0 saturated heterocycles. The van der Waals surface area contributed by atoms with E-state index < -0.39 is 0 Å². The average Bonchev–Trinajstić information content (AvgIpc) is 3.07. The van der Waals surface area contributed by atoms with Crippen molar-refractivity contribution in [1.82, 2.24) is 15.2 Å². The number of guanidine groups is 1. The summed E-state index contributed by atoms with van der Waals surface area (Å²) in [5, 5.41) is 3.30. The summed E-state index contributed by atoms with van der Waals surface area (Å²) in [6.45, 7) is 10.2. The van der Waals surface area contributed by atoms with Crippen molar-refractivity contribution >= 4 is 29.9 Å². The van der Waals surface area contributed by atoms with Crippen molar-refractivity contribution in [3.05, 3.63) is 47.7 Å². The van der Waals surface area contributed by atoms with Gasteiger partial charge in [-0.15, -0.1) is 24.0 Å². The van der Waals surface area contributed by atoms with Crippen molar-refractivity contribution in [3.63, 3.8) is 0 Å². The van der Waals surface area contributed by atoms with E-state index in [1.54, 1.807) is 13.2 Å². The van der Waals surface area contributed by atoms with Crippen LogP contribution in [0.2, 0.25) is 0 Å². The summed E-state index contributed by atoms with van der Waals surface area (Å²) in [4.78, 5) is 10.7. The fraction of sp³-hybridized carbons (Fsp3) is 0.500. The first-order valence-electron chi connectivity index (χ1n) is 8.92. The Balaban J connectivity index is 0.00000364. The highest BCUT2D eigenvalue weighted by Crippen LogP contribution is 2.22. The molecular formula is C20H31IN4O2. The Bertz CT molecular complexity index is 720. The summed E-state index contributed by atoms with van der Waals surface area (Å²) in [7, 11) is 3.77. The van der Waals surface area contributed by atoms with Crippen molar-refractivity contribution < 1.29 is 9.15 Å². The summed E-state index contributed by atoms with van der Waals surface area (Å²) in [6, 6.07) is 8.12. The van der Waals surface area contributed by atoms with E-state index in [1.165, 1.54) is 5.56 Å². The zero-order chi connectivity index (χ0) is 19.2. The van der Waals surface area contributed by atoms with Crippen molar-refractivity contribution in [2.45, 2.75) is 46.2 Å². The monoisotopic (exact) mass is 486 g/mol. The Morgan fingerprint density at radius 3 is 2.44 bits per heavy atom. The van der Waals surface area contributed by atoms with Gasteiger partial charge < -0.3 is 19.4 Å². The molecule has 0 amide bonds. The number of hydrogen-bond acceptors (Lipinski definition) is 4. The Hall–Kier alpha value is -1.77. The molecule has 0 spiro atoms. The molecule has 2 aromatic rings. The molecule has 1 aromatic carbocycles. The lowest BCUT2D eigenvalue weighted by Gasteiger charge is -2.22. The predicted molar refractivity (Wildman–Crippen MR) is 120 cm³/mol. The maximum atomic E-state index is 5.82. The van der Waals surface area contributed by atoms with E-state index in [0.29, 0.717) is 19.0 Å². The van der Waals surface area contributed by atoms with Crippen LogP contribution >= 0.6 is 24.0 Å². The van der Waals surface area contributed by atoms with Gasteiger partial charge >= 0.3 is 0 Å². The summed E-state index contributed by atoms with van der Waals surface area (Å²) in [5.74, 6) is 3.21. The molecule has 0 aliphatic heterocycles. The van der Waals surface area contributed by atoms with E-state index in [-0.39, 0.29) is 29.4 Å². The first-order valence-corrected chi connectivity index (χ1v) is 8.92. The molecule has 0 bridgehead atoms. The maximum Gasteiger partial charge on any atom is 0.213 e. The molecule has 150 valence electrons. The molecule has 6 nitrogen and oxygen atoms in total. The largest absolute Gasteiger partial charge is 0.494 e. The third-order valence-corrected chi connectivity index (χ3v) is 3.92. The minimum Gasteiger partial charge on any atom is -0.494 e. The van der Waals surface area contributed by atoms with E-state index in [1.807, 2.05) is 26.1 Å². The molecule has 1 heterocycles. The smallest absolute Gasteiger partial charge is 0.213 e. The molecule has 1 aromatic heterocycles. The van der Waals surface area contributed by atoms with E-state index in [4.69, 9.17) is 9.15 Å². The van der Waals surface area contributed by atoms with Gasteiger partial charge in [0.2, 0.25) is 5.89 Å². The molecule has 0 atom stereocenters. The van der Waals surface area contributed by atoms with Crippen LogP contribution in [0.4, 0.5) is 0 Å². The molecule has 0 fully saturated rings. The van der Waals surface area contributed by atoms with Crippen molar-refractivity contribution in [3.8, 4) is 5.75 Å². The topological polar surface area (TPSA) is 62.9 Å². The van der Waals surface area contributed by atoms with Gasteiger partial charge in [0.05, 0.1) is 19.3 Å². The Morgan fingerprint density at radius 2 is 1.93 bits per heavy atom. The van der Waals surface area contributed by atoms with Crippen molar-refractivity contribution in [1.29, 1.82) is 0 Å². The zero-order valence-electron chi connectivity index (χ0n) is 17.1. The molecule has 0 unspecified atom stereocenters. The highest BCUT2D eigenvalue weighted by atomic mass is 127. The number of aromatic nitrogens is 1. The van der Waals surface area contributed by atoms with Gasteiger partial charge in [0.1, 0.15) is 11.5 Å². The van der Waals surface area contributed by atoms with Crippen LogP contribution in [0.3, 0.4) is 0 Å². The average molecular weight is 486 g/mol. The minimum absolute atomic E-state index is 0. The Morgan fingerprint density at radius 1 is 1.26 bits per heavy atom. The summed E-state index contributed by atoms with van der Waals surface area (Å²) < 4.78 is 11.3. The predicted octanol–water partition coefficient (Wildman–Crippen LogP) is 4.20. The normalized spacial score (nSPS) is 11.7. The summed E-state index contributed by atoms with van der Waals surface area (Å²) in [5.41, 5.74) is 1.14. The highest BCUT2D eigenvalue weighted by molar-refractivity contribution is 14.0. The number of nitrogens with zero attached hydrogens (tertiary/aromatic N) is 3. The number of aliphatic imine (C=N–C) groups is 1. The van der Waals surface area contributed by atoms with E-state index in [0.717, 1.165) is 24.0 Å². The number of rotatable bonds is 6. The number of halogens is 1. The van der Waals surface area contributed by atoms with Crippen molar-refractivity contribution in [2.75, 3.05) is 20.7 Å². The molecule has 0 aliphatic rings. The van der Waals surface area contributed by atoms with Gasteiger partial charge in [-0.25, -0.2) is 4.98 Å². The molecular weight excluding hydrogens is 455 g/mol. The lowest BCUT2D eigenvalue weighted by atomic mass is 9.94. The van der Waals surface area contributed by atoms with Gasteiger partial charge in [0.25, 0.3) is 0 Å². The third kappa shape index (κ3) is 7.04. The first-order chi connectivity index (χ1) is 12.3. The van der Waals surface area contributed by atoms with Crippen LogP contribution in [-0.4, -0.2) is 36.5 Å². The van der Waals surface area contributed by atoms with Crippen LogP contribution in [0.5, 0.6) is 5.75 Å². The van der Waals surface area contributed by atoms with Gasteiger partial charge in [-0.2, -0.15) is 0 Å². The standard InChI is InChI=1S/C20H30N4O2.HI/c1-7-25-16-10-8-15(9-11-16)14-24(6)19(21-5)23-13-18-22-12-17(26-18)20(2,3)4;/h8-12H,7,13-14H2,1-6H3,(H,21,23);1H. The molecule has 27 heavy (non-hydrogen) atoms. The van der Waals surface area contributed by atoms with Gasteiger partial charge in [0, 0.05) is 26.1 Å². The maximum absolute atomic E-state index is 5.82. The summed E-state index contributed by atoms with van der Waals surface area (Å²) in [6.07, 6.45) is 1.80. The van der Waals surface area contributed by atoms with Gasteiger partial charge in [-0.1, -0.05) is 32.9 Å². The molecule has 7 heteroatoms. The van der Waals surface area contributed by atoms with E-state index in [9.17, 15) is 0 Å². The van der Waals surface area contributed by atoms with Crippen LogP contribution in [0.15, 0.2) is 39.9 Å². The third-order valence-electron chi connectivity index (χ3n) is 3.92. The number of ether oxygens (including phenoxy) is 1. The Kier molecular flexibility index (Phi) is 9.08. The highest BCUT2D eigenvalue weighted by Gasteiger charge is 2.19. The van der Waals surface area contributed by atoms with E-state index in [2.05, 4.69) is 53.1 Å². The Labute approximate surface area is 179 Å². The van der Waals surface area contributed by atoms with E-state index >= 15 is 0 Å².